The predicted molar refractivity (Wildman–Crippen MR) is 168 cm³/mol. The monoisotopic (exact) mass is 621 g/mol. The Kier molecular flexibility index (Phi) is 8.81. The number of methoxy groups -OCH3 is 1. The van der Waals surface area contributed by atoms with Gasteiger partial charge in [0.15, 0.2) is 0 Å². The summed E-state index contributed by atoms with van der Waals surface area (Å²) in [4.78, 5) is 26.0. The van der Waals surface area contributed by atoms with E-state index in [0.717, 1.165) is 114 Å². The van der Waals surface area contributed by atoms with E-state index in [1.165, 1.54) is 43.5 Å². The lowest BCUT2D eigenvalue weighted by molar-refractivity contribution is -0.208. The maximum atomic E-state index is 12.3. The fourth-order valence-electron chi connectivity index (χ4n) is 8.07. The summed E-state index contributed by atoms with van der Waals surface area (Å²) >= 11 is 1.79. The molecule has 238 valence electrons. The van der Waals surface area contributed by atoms with E-state index in [9.17, 15) is 4.79 Å². The molecule has 6 aliphatic rings. The van der Waals surface area contributed by atoms with Gasteiger partial charge in [0, 0.05) is 50.6 Å². The van der Waals surface area contributed by atoms with Crippen molar-refractivity contribution in [3.05, 3.63) is 27.2 Å². The highest BCUT2D eigenvalue weighted by Gasteiger charge is 2.54. The van der Waals surface area contributed by atoms with Crippen LogP contribution in [0.2, 0.25) is 0 Å². The normalized spacial score (nSPS) is 29.6. The van der Waals surface area contributed by atoms with Gasteiger partial charge in [-0.05, 0) is 70.8 Å². The average Bonchev–Trinajstić information content (AvgIpc) is 3.72. The molecule has 1 unspecified atom stereocenters. The van der Waals surface area contributed by atoms with Crippen LogP contribution in [0.1, 0.15) is 91.1 Å². The number of aromatic nitrogens is 4. The standard InChI is InChI=1S/C33H47N7O3S/c1-25-26(34-29(44-25)22-39-16-7-9-27(39)30-36-35-28-10-4-3-5-17-40(28)30)8-6-15-37-18-20-38(21-19-37)23-33-13-11-32(12-14-33,24-43-33)31(41)42-2/h27H,3-5,7,9-24H2,1-2H3. The molecule has 0 spiro atoms. The zero-order valence-electron chi connectivity index (χ0n) is 26.5. The maximum absolute atomic E-state index is 12.3. The van der Waals surface area contributed by atoms with Gasteiger partial charge in [0.05, 0.1) is 43.9 Å². The fourth-order valence-corrected chi connectivity index (χ4v) is 8.98. The van der Waals surface area contributed by atoms with Crippen LogP contribution in [0.4, 0.5) is 0 Å². The number of carbonyl (C=O) groups is 1. The number of esters is 1. The summed E-state index contributed by atoms with van der Waals surface area (Å²) in [7, 11) is 1.49. The van der Waals surface area contributed by atoms with Crippen molar-refractivity contribution >= 4 is 17.3 Å². The summed E-state index contributed by atoms with van der Waals surface area (Å²) in [6.07, 6.45) is 10.8. The first-order valence-electron chi connectivity index (χ1n) is 16.7. The van der Waals surface area contributed by atoms with E-state index in [4.69, 9.17) is 14.5 Å². The minimum atomic E-state index is -0.405. The minimum Gasteiger partial charge on any atom is -0.469 e. The zero-order chi connectivity index (χ0) is 30.1. The van der Waals surface area contributed by atoms with Crippen LogP contribution < -0.4 is 0 Å². The smallest absolute Gasteiger partial charge is 0.314 e. The van der Waals surface area contributed by atoms with Gasteiger partial charge < -0.3 is 14.0 Å². The Balaban J connectivity index is 0.893. The summed E-state index contributed by atoms with van der Waals surface area (Å²) in [6, 6.07) is 0.336. The maximum Gasteiger partial charge on any atom is 0.314 e. The summed E-state index contributed by atoms with van der Waals surface area (Å²) < 4.78 is 13.8. The number of hydrogen-bond acceptors (Lipinski definition) is 10. The minimum absolute atomic E-state index is 0.0960. The van der Waals surface area contributed by atoms with Gasteiger partial charge in [-0.1, -0.05) is 12.3 Å². The van der Waals surface area contributed by atoms with Crippen molar-refractivity contribution in [2.24, 2.45) is 5.41 Å². The first-order chi connectivity index (χ1) is 21.5. The van der Waals surface area contributed by atoms with Gasteiger partial charge in [0.2, 0.25) is 0 Å². The fraction of sp³-hybridized carbons (Fsp3) is 0.758. The van der Waals surface area contributed by atoms with E-state index >= 15 is 0 Å². The van der Waals surface area contributed by atoms with Gasteiger partial charge in [-0.15, -0.1) is 21.5 Å². The number of piperazine rings is 1. The molecule has 1 saturated carbocycles. The lowest BCUT2D eigenvalue weighted by atomic mass is 9.66. The number of ether oxygens (including phenoxy) is 2. The number of carbonyl (C=O) groups excluding carboxylic acids is 1. The molecule has 0 N–H and O–H groups in total. The van der Waals surface area contributed by atoms with Crippen molar-refractivity contribution in [1.29, 1.82) is 0 Å². The molecule has 2 bridgehead atoms. The molecule has 10 nitrogen and oxygen atoms in total. The first-order valence-corrected chi connectivity index (χ1v) is 17.6. The Morgan fingerprint density at radius 2 is 1.84 bits per heavy atom. The van der Waals surface area contributed by atoms with Crippen LogP contribution in [-0.2, 0) is 33.8 Å². The number of nitrogens with zero attached hydrogens (tertiary/aromatic N) is 7. The van der Waals surface area contributed by atoms with Crippen LogP contribution in [0.5, 0.6) is 0 Å². The molecule has 0 aromatic carbocycles. The second kappa shape index (κ2) is 12.8. The molecule has 8 rings (SSSR count). The van der Waals surface area contributed by atoms with E-state index in [-0.39, 0.29) is 11.6 Å². The predicted octanol–water partition coefficient (Wildman–Crippen LogP) is 3.58. The third-order valence-corrected chi connectivity index (χ3v) is 11.8. The molecule has 1 atom stereocenters. The second-order valence-corrected chi connectivity index (χ2v) is 15.0. The van der Waals surface area contributed by atoms with Gasteiger partial charge >= 0.3 is 5.97 Å². The third-order valence-electron chi connectivity index (χ3n) is 10.9. The van der Waals surface area contributed by atoms with Crippen LogP contribution in [0.25, 0.3) is 0 Å². The Bertz CT molecular complexity index is 1380. The quantitative estimate of drug-likeness (QED) is 0.340. The highest BCUT2D eigenvalue weighted by molar-refractivity contribution is 7.11. The highest BCUT2D eigenvalue weighted by Crippen LogP contribution is 2.49. The molecule has 2 aromatic rings. The summed E-state index contributed by atoms with van der Waals surface area (Å²) in [5.74, 6) is 9.07. The van der Waals surface area contributed by atoms with Gasteiger partial charge in [-0.2, -0.15) is 0 Å². The summed E-state index contributed by atoms with van der Waals surface area (Å²) in [5.41, 5.74) is 0.434. The molecule has 2 aromatic heterocycles. The van der Waals surface area contributed by atoms with E-state index in [2.05, 4.69) is 48.2 Å². The molecule has 0 amide bonds. The molecule has 44 heavy (non-hydrogen) atoms. The van der Waals surface area contributed by atoms with E-state index in [1.54, 1.807) is 11.3 Å². The largest absolute Gasteiger partial charge is 0.469 e. The Labute approximate surface area is 265 Å². The van der Waals surface area contributed by atoms with Crippen LogP contribution in [0.15, 0.2) is 0 Å². The molecule has 1 aliphatic carbocycles. The third kappa shape index (κ3) is 6.08. The molecule has 11 heteroatoms. The van der Waals surface area contributed by atoms with Crippen molar-refractivity contribution in [2.45, 2.75) is 95.9 Å². The number of fused-ring (bicyclic) bond motifs is 4. The number of rotatable bonds is 7. The Hall–Kier alpha value is -2.36. The molecular formula is C33H47N7O3S. The van der Waals surface area contributed by atoms with Gasteiger partial charge in [-0.3, -0.25) is 19.5 Å². The van der Waals surface area contributed by atoms with Gasteiger partial charge in [-0.25, -0.2) is 4.98 Å². The molecule has 0 radical (unpaired) electrons. The summed E-state index contributed by atoms with van der Waals surface area (Å²) in [5, 5.41) is 10.4. The van der Waals surface area contributed by atoms with Crippen molar-refractivity contribution in [2.75, 3.05) is 59.5 Å². The van der Waals surface area contributed by atoms with E-state index in [0.29, 0.717) is 12.6 Å². The number of likely N-dealkylation sites (tertiary alicyclic amines) is 1. The van der Waals surface area contributed by atoms with Gasteiger partial charge in [0.25, 0.3) is 0 Å². The topological polar surface area (TPSA) is 88.9 Å². The van der Waals surface area contributed by atoms with Crippen molar-refractivity contribution in [3.63, 3.8) is 0 Å². The highest BCUT2D eigenvalue weighted by atomic mass is 32.1. The SMILES string of the molecule is COC(=O)C12CCC(CN3CCN(CC#Cc4nc(CN5CCCC5c5nnc6n5CCCCC6)sc4C)CC3)(CC1)OC2. The van der Waals surface area contributed by atoms with Crippen LogP contribution in [0, 0.1) is 24.2 Å². The van der Waals surface area contributed by atoms with Crippen LogP contribution >= 0.6 is 11.3 Å². The summed E-state index contributed by atoms with van der Waals surface area (Å²) in [6.45, 7) is 11.5. The number of thiazole rings is 1. The van der Waals surface area contributed by atoms with Crippen LogP contribution in [-0.4, -0.2) is 106 Å². The number of aryl methyl sites for hydroxylation is 2. The second-order valence-electron chi connectivity index (χ2n) is 13.7. The molecule has 5 aliphatic heterocycles. The van der Waals surface area contributed by atoms with Crippen molar-refractivity contribution < 1.29 is 14.3 Å². The zero-order valence-corrected chi connectivity index (χ0v) is 27.3. The molecule has 4 saturated heterocycles. The van der Waals surface area contributed by atoms with E-state index < -0.39 is 5.41 Å². The molecule has 5 fully saturated rings. The van der Waals surface area contributed by atoms with Crippen molar-refractivity contribution in [1.82, 2.24) is 34.4 Å². The first kappa shape index (κ1) is 30.3. The van der Waals surface area contributed by atoms with Crippen LogP contribution in [0.3, 0.4) is 0 Å². The lowest BCUT2D eigenvalue weighted by Gasteiger charge is -2.53. The Morgan fingerprint density at radius 3 is 2.61 bits per heavy atom. The lowest BCUT2D eigenvalue weighted by Crippen LogP contribution is -2.60. The molecular weight excluding hydrogens is 574 g/mol. The number of hydrogen-bond donors (Lipinski definition) is 0. The van der Waals surface area contributed by atoms with Gasteiger partial charge in [0.1, 0.15) is 22.4 Å². The van der Waals surface area contributed by atoms with Crippen molar-refractivity contribution in [3.8, 4) is 11.8 Å². The average molecular weight is 622 g/mol. The molecule has 7 heterocycles. The van der Waals surface area contributed by atoms with E-state index in [1.807, 2.05) is 0 Å². The Morgan fingerprint density at radius 1 is 1.02 bits per heavy atom.